The van der Waals surface area contributed by atoms with Crippen LogP contribution in [0.1, 0.15) is 6.92 Å². The Morgan fingerprint density at radius 2 is 2.00 bits per heavy atom. The van der Waals surface area contributed by atoms with Crippen LogP contribution in [0.3, 0.4) is 0 Å². The van der Waals surface area contributed by atoms with Crippen molar-refractivity contribution in [2.45, 2.75) is 19.2 Å². The molecule has 10 nitrogen and oxygen atoms in total. The molecule has 3 atom stereocenters. The Morgan fingerprint density at radius 3 is 2.55 bits per heavy atom. The highest BCUT2D eigenvalue weighted by Crippen LogP contribution is 2.35. The molecule has 2 fully saturated rings. The zero-order valence-electron chi connectivity index (χ0n) is 17.3. The van der Waals surface area contributed by atoms with E-state index in [0.717, 1.165) is 24.7 Å². The number of rotatable bonds is 6. The van der Waals surface area contributed by atoms with Gasteiger partial charge in [0.15, 0.2) is 0 Å². The minimum absolute atomic E-state index is 0.106. The lowest BCUT2D eigenvalue weighted by atomic mass is 9.93. The summed E-state index contributed by atoms with van der Waals surface area (Å²) in [6, 6.07) is 1.97. The molecule has 0 saturated carbocycles. The molecule has 2 aliphatic heterocycles. The minimum atomic E-state index is -5.08. The van der Waals surface area contributed by atoms with Crippen molar-refractivity contribution in [2.75, 3.05) is 55.9 Å². The maximum atomic E-state index is 11.7. The SMILES string of the molecule is CCS(=O)(=O)NC[C@H]1CO[C@@H]2CN(c3cc(N(C)C)ncn3)C[C@H]12.O=C(O)C(F)(F)F. The first-order valence-electron chi connectivity index (χ1n) is 9.47. The van der Waals surface area contributed by atoms with Crippen LogP contribution in [0, 0.1) is 11.8 Å². The molecule has 0 unspecified atom stereocenters. The van der Waals surface area contributed by atoms with E-state index in [1.54, 1.807) is 13.3 Å². The van der Waals surface area contributed by atoms with Gasteiger partial charge in [0, 0.05) is 51.6 Å². The van der Waals surface area contributed by atoms with Crippen LogP contribution < -0.4 is 14.5 Å². The summed E-state index contributed by atoms with van der Waals surface area (Å²) in [6.45, 7) is 4.31. The number of nitrogens with one attached hydrogen (secondary N) is 1. The van der Waals surface area contributed by atoms with Crippen LogP contribution in [-0.2, 0) is 19.6 Å². The van der Waals surface area contributed by atoms with Crippen molar-refractivity contribution < 1.29 is 36.2 Å². The average molecular weight is 469 g/mol. The Labute approximate surface area is 178 Å². The number of sulfonamides is 1. The average Bonchev–Trinajstić information content (AvgIpc) is 3.27. The summed E-state index contributed by atoms with van der Waals surface area (Å²) >= 11 is 0. The summed E-state index contributed by atoms with van der Waals surface area (Å²) in [5, 5.41) is 7.12. The lowest BCUT2D eigenvalue weighted by Crippen LogP contribution is -2.35. The van der Waals surface area contributed by atoms with Crippen molar-refractivity contribution in [1.82, 2.24) is 14.7 Å². The van der Waals surface area contributed by atoms with Crippen molar-refractivity contribution in [3.63, 3.8) is 0 Å². The number of carboxylic acid groups (broad SMARTS) is 1. The minimum Gasteiger partial charge on any atom is -0.475 e. The zero-order chi connectivity index (χ0) is 23.4. The number of nitrogens with zero attached hydrogens (tertiary/aromatic N) is 4. The van der Waals surface area contributed by atoms with Gasteiger partial charge in [-0.2, -0.15) is 13.2 Å². The third-order valence-corrected chi connectivity index (χ3v) is 6.41. The number of hydrogen-bond donors (Lipinski definition) is 2. The van der Waals surface area contributed by atoms with E-state index in [9.17, 15) is 21.6 Å². The number of halogens is 3. The smallest absolute Gasteiger partial charge is 0.475 e. The standard InChI is InChI=1S/C15H25N5O3S.C2HF3O2/c1-4-24(21,22)18-6-11-9-23-13-8-20(7-12(11)13)15-5-14(19(2)3)16-10-17-15;3-2(4,5)1(6)7/h5,10-13,18H,4,6-9H2,1-3H3;(H,6,7)/t11-,12+,13+;/m0./s1. The van der Waals surface area contributed by atoms with E-state index in [-0.39, 0.29) is 17.8 Å². The van der Waals surface area contributed by atoms with Gasteiger partial charge >= 0.3 is 12.1 Å². The van der Waals surface area contributed by atoms with E-state index in [4.69, 9.17) is 14.6 Å². The zero-order valence-corrected chi connectivity index (χ0v) is 18.1. The second-order valence-corrected chi connectivity index (χ2v) is 9.48. The quantitative estimate of drug-likeness (QED) is 0.615. The van der Waals surface area contributed by atoms with Gasteiger partial charge in [0.25, 0.3) is 0 Å². The Morgan fingerprint density at radius 1 is 1.35 bits per heavy atom. The maximum Gasteiger partial charge on any atom is 0.490 e. The number of aromatic nitrogens is 2. The molecular formula is C17H26F3N5O5S. The van der Waals surface area contributed by atoms with Crippen molar-refractivity contribution in [3.05, 3.63) is 12.4 Å². The fourth-order valence-electron chi connectivity index (χ4n) is 3.29. The number of carbonyl (C=O) groups is 1. The summed E-state index contributed by atoms with van der Waals surface area (Å²) < 4.78 is 63.6. The van der Waals surface area contributed by atoms with E-state index in [0.29, 0.717) is 19.1 Å². The molecule has 1 aromatic heterocycles. The van der Waals surface area contributed by atoms with Gasteiger partial charge in [-0.25, -0.2) is 27.9 Å². The predicted molar refractivity (Wildman–Crippen MR) is 106 cm³/mol. The number of fused-ring (bicyclic) bond motifs is 1. The molecule has 176 valence electrons. The largest absolute Gasteiger partial charge is 0.490 e. The molecule has 0 amide bonds. The van der Waals surface area contributed by atoms with Gasteiger partial charge in [0.05, 0.1) is 18.5 Å². The molecule has 0 aliphatic carbocycles. The van der Waals surface area contributed by atoms with Crippen LogP contribution in [0.15, 0.2) is 12.4 Å². The van der Waals surface area contributed by atoms with Gasteiger partial charge in [-0.15, -0.1) is 0 Å². The number of anilines is 2. The van der Waals surface area contributed by atoms with Crippen molar-refractivity contribution >= 4 is 27.6 Å². The number of carboxylic acids is 1. The van der Waals surface area contributed by atoms with Gasteiger partial charge in [0.2, 0.25) is 10.0 Å². The summed E-state index contributed by atoms with van der Waals surface area (Å²) in [6.07, 6.45) is -3.37. The molecule has 0 aromatic carbocycles. The Balaban J connectivity index is 0.000000423. The fraction of sp³-hybridized carbons (Fsp3) is 0.706. The molecule has 0 bridgehead atoms. The van der Waals surface area contributed by atoms with Gasteiger partial charge in [-0.3, -0.25) is 0 Å². The summed E-state index contributed by atoms with van der Waals surface area (Å²) in [4.78, 5) is 21.7. The third kappa shape index (κ3) is 6.90. The van der Waals surface area contributed by atoms with Gasteiger partial charge < -0.3 is 19.6 Å². The van der Waals surface area contributed by atoms with E-state index in [1.807, 2.05) is 25.1 Å². The summed E-state index contributed by atoms with van der Waals surface area (Å²) in [5.74, 6) is -0.370. The van der Waals surface area contributed by atoms with E-state index >= 15 is 0 Å². The number of hydrogen-bond acceptors (Lipinski definition) is 8. The van der Waals surface area contributed by atoms with E-state index < -0.39 is 22.2 Å². The normalized spacial score (nSPS) is 23.2. The molecule has 14 heteroatoms. The van der Waals surface area contributed by atoms with Crippen LogP contribution in [0.25, 0.3) is 0 Å². The fourth-order valence-corrected chi connectivity index (χ4v) is 3.96. The lowest BCUT2D eigenvalue weighted by molar-refractivity contribution is -0.192. The number of ether oxygens (including phenoxy) is 1. The molecule has 2 N–H and O–H groups in total. The second kappa shape index (κ2) is 9.96. The Kier molecular flexibility index (Phi) is 8.05. The third-order valence-electron chi connectivity index (χ3n) is 5.05. The van der Waals surface area contributed by atoms with Crippen LogP contribution >= 0.6 is 0 Å². The highest BCUT2D eigenvalue weighted by atomic mass is 32.2. The van der Waals surface area contributed by atoms with Crippen molar-refractivity contribution in [3.8, 4) is 0 Å². The van der Waals surface area contributed by atoms with Crippen molar-refractivity contribution in [2.24, 2.45) is 11.8 Å². The molecule has 0 radical (unpaired) electrons. The predicted octanol–water partition coefficient (Wildman–Crippen LogP) is 0.566. The Hall–Kier alpha value is -2.19. The molecule has 2 saturated heterocycles. The van der Waals surface area contributed by atoms with Crippen LogP contribution in [0.2, 0.25) is 0 Å². The second-order valence-electron chi connectivity index (χ2n) is 7.38. The number of aliphatic carboxylic acids is 1. The van der Waals surface area contributed by atoms with E-state index in [2.05, 4.69) is 19.6 Å². The molecule has 3 rings (SSSR count). The highest BCUT2D eigenvalue weighted by Gasteiger charge is 2.44. The lowest BCUT2D eigenvalue weighted by Gasteiger charge is -2.22. The molecule has 1 aromatic rings. The molecule has 31 heavy (non-hydrogen) atoms. The van der Waals surface area contributed by atoms with E-state index in [1.165, 1.54) is 0 Å². The highest BCUT2D eigenvalue weighted by molar-refractivity contribution is 7.89. The molecule has 0 spiro atoms. The monoisotopic (exact) mass is 469 g/mol. The van der Waals surface area contributed by atoms with Crippen LogP contribution in [0.4, 0.5) is 24.8 Å². The molecule has 3 heterocycles. The van der Waals surface area contributed by atoms with Crippen LogP contribution in [0.5, 0.6) is 0 Å². The molecular weight excluding hydrogens is 443 g/mol. The molecule has 2 aliphatic rings. The van der Waals surface area contributed by atoms with Crippen molar-refractivity contribution in [1.29, 1.82) is 0 Å². The Bertz CT molecular complexity index is 868. The first-order valence-corrected chi connectivity index (χ1v) is 11.1. The van der Waals surface area contributed by atoms with Gasteiger partial charge in [-0.05, 0) is 6.92 Å². The van der Waals surface area contributed by atoms with Gasteiger partial charge in [0.1, 0.15) is 18.0 Å². The topological polar surface area (TPSA) is 125 Å². The van der Waals surface area contributed by atoms with Crippen LogP contribution in [-0.4, -0.2) is 87.8 Å². The number of alkyl halides is 3. The maximum absolute atomic E-state index is 11.7. The first kappa shape index (κ1) is 25.1. The van der Waals surface area contributed by atoms with Gasteiger partial charge in [-0.1, -0.05) is 0 Å². The summed E-state index contributed by atoms with van der Waals surface area (Å²) in [5.41, 5.74) is 0. The summed E-state index contributed by atoms with van der Waals surface area (Å²) in [7, 11) is 0.735. The first-order chi connectivity index (χ1) is 14.3.